The van der Waals surface area contributed by atoms with Crippen molar-refractivity contribution < 1.29 is 19.1 Å². The molecule has 0 unspecified atom stereocenters. The molecule has 0 aliphatic carbocycles. The summed E-state index contributed by atoms with van der Waals surface area (Å²) in [5, 5.41) is 2.62. The average Bonchev–Trinajstić information content (AvgIpc) is 2.61. The average molecular weight is 339 g/mol. The molecule has 5 heteroatoms. The molecule has 0 heterocycles. The van der Waals surface area contributed by atoms with E-state index in [0.29, 0.717) is 11.3 Å². The first-order valence-corrected chi connectivity index (χ1v) is 8.06. The zero-order chi connectivity index (χ0) is 18.2. The molecule has 0 bridgehead atoms. The molecule has 0 saturated carbocycles. The van der Waals surface area contributed by atoms with Crippen molar-refractivity contribution in [1.82, 2.24) is 0 Å². The van der Waals surface area contributed by atoms with Gasteiger partial charge in [-0.3, -0.25) is 14.4 Å². The molecule has 0 aliphatic heterocycles. The molecule has 0 atom stereocenters. The SMILES string of the molecule is Cc1ccc(C(=O)CCC(=O)OCC(=O)Nc2ccccc2)cc1C. The smallest absolute Gasteiger partial charge is 0.306 e. The number of amides is 1. The number of benzene rings is 2. The van der Waals surface area contributed by atoms with Crippen molar-refractivity contribution in [3.63, 3.8) is 0 Å². The number of hydrogen-bond acceptors (Lipinski definition) is 4. The first kappa shape index (κ1) is 18.4. The lowest BCUT2D eigenvalue weighted by Gasteiger charge is -2.07. The topological polar surface area (TPSA) is 72.5 Å². The van der Waals surface area contributed by atoms with Crippen LogP contribution in [0.5, 0.6) is 0 Å². The van der Waals surface area contributed by atoms with E-state index in [9.17, 15) is 14.4 Å². The van der Waals surface area contributed by atoms with Crippen LogP contribution in [0.25, 0.3) is 0 Å². The largest absolute Gasteiger partial charge is 0.456 e. The maximum atomic E-state index is 12.1. The fraction of sp³-hybridized carbons (Fsp3) is 0.250. The Hall–Kier alpha value is -2.95. The van der Waals surface area contributed by atoms with Gasteiger partial charge in [-0.25, -0.2) is 0 Å². The molecular formula is C20H21NO4. The predicted octanol–water partition coefficient (Wildman–Crippen LogP) is 3.45. The van der Waals surface area contributed by atoms with Crippen LogP contribution in [0.1, 0.15) is 34.3 Å². The van der Waals surface area contributed by atoms with Gasteiger partial charge in [0.25, 0.3) is 5.91 Å². The standard InChI is InChI=1S/C20H21NO4/c1-14-8-9-16(12-15(14)2)18(22)10-11-20(24)25-13-19(23)21-17-6-4-3-5-7-17/h3-9,12H,10-11,13H2,1-2H3,(H,21,23). The van der Waals surface area contributed by atoms with E-state index in [2.05, 4.69) is 5.32 Å². The highest BCUT2D eigenvalue weighted by Crippen LogP contribution is 2.12. The third kappa shape index (κ3) is 5.88. The van der Waals surface area contributed by atoms with Crippen LogP contribution in [0.3, 0.4) is 0 Å². The van der Waals surface area contributed by atoms with Crippen molar-refractivity contribution in [3.8, 4) is 0 Å². The fourth-order valence-electron chi connectivity index (χ4n) is 2.21. The highest BCUT2D eigenvalue weighted by atomic mass is 16.5. The molecule has 0 spiro atoms. The van der Waals surface area contributed by atoms with Gasteiger partial charge in [0.2, 0.25) is 0 Å². The predicted molar refractivity (Wildman–Crippen MR) is 95.5 cm³/mol. The van der Waals surface area contributed by atoms with Crippen molar-refractivity contribution in [2.45, 2.75) is 26.7 Å². The highest BCUT2D eigenvalue weighted by Gasteiger charge is 2.12. The summed E-state index contributed by atoms with van der Waals surface area (Å²) in [6.07, 6.45) is 0.00597. The van der Waals surface area contributed by atoms with Crippen molar-refractivity contribution in [1.29, 1.82) is 0 Å². The number of ether oxygens (including phenoxy) is 1. The van der Waals surface area contributed by atoms with Crippen LogP contribution < -0.4 is 5.32 Å². The van der Waals surface area contributed by atoms with Gasteiger partial charge in [0.15, 0.2) is 12.4 Å². The minimum atomic E-state index is -0.569. The summed E-state index contributed by atoms with van der Waals surface area (Å²) in [6, 6.07) is 14.3. The van der Waals surface area contributed by atoms with Crippen LogP contribution in [0.15, 0.2) is 48.5 Å². The van der Waals surface area contributed by atoms with Gasteiger partial charge in [0.1, 0.15) is 0 Å². The lowest BCUT2D eigenvalue weighted by Crippen LogP contribution is -2.21. The number of esters is 1. The molecule has 130 valence electrons. The fourth-order valence-corrected chi connectivity index (χ4v) is 2.21. The number of aryl methyl sites for hydroxylation is 2. The Bertz CT molecular complexity index is 769. The Kier molecular flexibility index (Phi) is 6.46. The number of ketones is 1. The Morgan fingerprint density at radius 3 is 2.32 bits per heavy atom. The van der Waals surface area contributed by atoms with Crippen molar-refractivity contribution in [2.75, 3.05) is 11.9 Å². The van der Waals surface area contributed by atoms with Crippen molar-refractivity contribution in [2.24, 2.45) is 0 Å². The number of para-hydroxylation sites is 1. The third-order valence-corrected chi connectivity index (χ3v) is 3.81. The molecule has 0 aliphatic rings. The second kappa shape index (κ2) is 8.78. The Labute approximate surface area is 147 Å². The first-order valence-electron chi connectivity index (χ1n) is 8.06. The monoisotopic (exact) mass is 339 g/mol. The van der Waals surface area contributed by atoms with Crippen LogP contribution in [-0.2, 0) is 14.3 Å². The highest BCUT2D eigenvalue weighted by molar-refractivity contribution is 5.98. The van der Waals surface area contributed by atoms with E-state index < -0.39 is 11.9 Å². The van der Waals surface area contributed by atoms with Crippen LogP contribution in [0.4, 0.5) is 5.69 Å². The van der Waals surface area contributed by atoms with Gasteiger partial charge in [-0.1, -0.05) is 30.3 Å². The van der Waals surface area contributed by atoms with Gasteiger partial charge >= 0.3 is 5.97 Å². The Morgan fingerprint density at radius 2 is 1.64 bits per heavy atom. The van der Waals surface area contributed by atoms with Crippen molar-refractivity contribution >= 4 is 23.3 Å². The minimum absolute atomic E-state index is 0.0512. The molecule has 0 fully saturated rings. The van der Waals surface area contributed by atoms with Crippen LogP contribution in [0, 0.1) is 13.8 Å². The molecule has 0 saturated heterocycles. The van der Waals surface area contributed by atoms with Gasteiger partial charge in [0.05, 0.1) is 6.42 Å². The number of hydrogen-bond donors (Lipinski definition) is 1. The molecule has 2 aromatic rings. The first-order chi connectivity index (χ1) is 12.0. The zero-order valence-electron chi connectivity index (χ0n) is 14.4. The molecule has 5 nitrogen and oxygen atoms in total. The summed E-state index contributed by atoms with van der Waals surface area (Å²) < 4.78 is 4.90. The molecule has 2 aromatic carbocycles. The second-order valence-corrected chi connectivity index (χ2v) is 5.80. The number of carbonyl (C=O) groups excluding carboxylic acids is 3. The molecule has 0 radical (unpaired) electrons. The van der Waals surface area contributed by atoms with Crippen LogP contribution in [-0.4, -0.2) is 24.3 Å². The maximum Gasteiger partial charge on any atom is 0.306 e. The number of Topliss-reactive ketones (excluding diaryl/α,β-unsaturated/α-hetero) is 1. The van der Waals surface area contributed by atoms with E-state index in [1.807, 2.05) is 32.0 Å². The maximum absolute atomic E-state index is 12.1. The molecule has 2 rings (SSSR count). The molecular weight excluding hydrogens is 318 g/mol. The summed E-state index contributed by atoms with van der Waals surface area (Å²) >= 11 is 0. The summed E-state index contributed by atoms with van der Waals surface area (Å²) in [5.74, 6) is -1.10. The number of carbonyl (C=O) groups is 3. The number of rotatable bonds is 7. The minimum Gasteiger partial charge on any atom is -0.456 e. The van der Waals surface area contributed by atoms with Crippen LogP contribution in [0.2, 0.25) is 0 Å². The Morgan fingerprint density at radius 1 is 0.920 bits per heavy atom. The summed E-state index contributed by atoms with van der Waals surface area (Å²) in [7, 11) is 0. The third-order valence-electron chi connectivity index (χ3n) is 3.81. The molecule has 0 aromatic heterocycles. The van der Waals surface area contributed by atoms with Crippen molar-refractivity contribution in [3.05, 3.63) is 65.2 Å². The molecule has 1 N–H and O–H groups in total. The molecule has 25 heavy (non-hydrogen) atoms. The van der Waals surface area contributed by atoms with Crippen LogP contribution >= 0.6 is 0 Å². The second-order valence-electron chi connectivity index (χ2n) is 5.80. The van der Waals surface area contributed by atoms with Gasteiger partial charge in [-0.05, 0) is 43.2 Å². The number of anilines is 1. The quantitative estimate of drug-likeness (QED) is 0.619. The summed E-state index contributed by atoms with van der Waals surface area (Å²) in [6.45, 7) is 3.54. The lowest BCUT2D eigenvalue weighted by molar-refractivity contribution is -0.147. The van der Waals surface area contributed by atoms with Gasteiger partial charge in [0, 0.05) is 17.7 Å². The summed E-state index contributed by atoms with van der Waals surface area (Å²) in [4.78, 5) is 35.5. The summed E-state index contributed by atoms with van der Waals surface area (Å²) in [5.41, 5.74) is 3.36. The van der Waals surface area contributed by atoms with E-state index in [1.165, 1.54) is 0 Å². The van der Waals surface area contributed by atoms with E-state index in [0.717, 1.165) is 11.1 Å². The van der Waals surface area contributed by atoms with Gasteiger partial charge in [-0.15, -0.1) is 0 Å². The lowest BCUT2D eigenvalue weighted by atomic mass is 10.0. The Balaban J connectivity index is 1.74. The van der Waals surface area contributed by atoms with E-state index >= 15 is 0 Å². The number of nitrogens with one attached hydrogen (secondary N) is 1. The van der Waals surface area contributed by atoms with Gasteiger partial charge in [-0.2, -0.15) is 0 Å². The van der Waals surface area contributed by atoms with E-state index in [4.69, 9.17) is 4.74 Å². The van der Waals surface area contributed by atoms with E-state index in [1.54, 1.807) is 30.3 Å². The zero-order valence-corrected chi connectivity index (χ0v) is 14.4. The molecule has 1 amide bonds. The van der Waals surface area contributed by atoms with E-state index in [-0.39, 0.29) is 25.2 Å². The normalized spacial score (nSPS) is 10.2. The van der Waals surface area contributed by atoms with Gasteiger partial charge < -0.3 is 10.1 Å².